The molecule has 0 fully saturated rings. The van der Waals surface area contributed by atoms with Crippen LogP contribution in [-0.4, -0.2) is 20.4 Å². The fraction of sp³-hybridized carbons (Fsp3) is 0. The summed E-state index contributed by atoms with van der Waals surface area (Å²) < 4.78 is 0. The van der Waals surface area contributed by atoms with Crippen molar-refractivity contribution in [3.8, 4) is 23.0 Å². The third kappa shape index (κ3) is 6.81. The summed E-state index contributed by atoms with van der Waals surface area (Å²) in [5.41, 5.74) is 0. The average Bonchev–Trinajstić information content (AvgIpc) is 3.03. The van der Waals surface area contributed by atoms with Gasteiger partial charge in [-0.3, -0.25) is 0 Å². The average molecular weight is 621 g/mol. The first kappa shape index (κ1) is 28.7. The van der Waals surface area contributed by atoms with E-state index in [1.165, 1.54) is 0 Å². The topological polar surface area (TPSA) is 80.9 Å². The summed E-state index contributed by atoms with van der Waals surface area (Å²) in [7, 11) is -0.792. The molecule has 0 saturated carbocycles. The van der Waals surface area contributed by atoms with Gasteiger partial charge in [-0.2, -0.15) is 0 Å². The van der Waals surface area contributed by atoms with Gasteiger partial charge in [-0.1, -0.05) is 11.8 Å². The summed E-state index contributed by atoms with van der Waals surface area (Å²) in [6.07, 6.45) is 0. The van der Waals surface area contributed by atoms with Gasteiger partial charge in [-0.15, -0.1) is 0 Å². The molecule has 4 N–H and O–H groups in total. The Hall–Kier alpha value is -4.43. The van der Waals surface area contributed by atoms with Crippen molar-refractivity contribution in [1.82, 2.24) is 0 Å². The van der Waals surface area contributed by atoms with E-state index < -0.39 is 21.8 Å². The second-order valence-corrected chi connectivity index (χ2v) is 14.8. The van der Waals surface area contributed by atoms with Crippen LogP contribution in [0.25, 0.3) is 0 Å². The maximum absolute atomic E-state index is 9.83. The highest BCUT2D eigenvalue weighted by Gasteiger charge is 2.30. The van der Waals surface area contributed by atoms with Crippen molar-refractivity contribution in [2.24, 2.45) is 0 Å². The molecule has 0 atom stereocenters. The molecular formula is C36H28O4S3+2. The molecule has 0 spiro atoms. The minimum atomic E-state index is -0.396. The van der Waals surface area contributed by atoms with Crippen LogP contribution in [0.2, 0.25) is 0 Å². The lowest BCUT2D eigenvalue weighted by atomic mass is 10.3. The second-order valence-electron chi connectivity index (χ2n) is 9.63. The van der Waals surface area contributed by atoms with Crippen LogP contribution in [0.1, 0.15) is 0 Å². The van der Waals surface area contributed by atoms with Crippen molar-refractivity contribution >= 4 is 33.6 Å². The van der Waals surface area contributed by atoms with Gasteiger partial charge in [0.25, 0.3) is 0 Å². The minimum absolute atomic E-state index is 0.230. The molecule has 0 aliphatic heterocycles. The molecule has 0 amide bonds. The molecule has 212 valence electrons. The maximum atomic E-state index is 9.83. The monoisotopic (exact) mass is 620 g/mol. The molecular weight excluding hydrogens is 593 g/mol. The van der Waals surface area contributed by atoms with Crippen molar-refractivity contribution in [2.75, 3.05) is 0 Å². The molecule has 0 heterocycles. The maximum Gasteiger partial charge on any atom is 0.166 e. The number of phenols is 4. The van der Waals surface area contributed by atoms with E-state index >= 15 is 0 Å². The van der Waals surface area contributed by atoms with E-state index in [1.54, 1.807) is 60.3 Å². The smallest absolute Gasteiger partial charge is 0.166 e. The highest BCUT2D eigenvalue weighted by Crippen LogP contribution is 2.37. The standard InChI is InChI=1S/C36H26O4S3/c37-25-1-13-31(14-2-25)42(32-15-3-26(38)4-16-32)35-21-9-29(10-22-35)41-30-11-23-36(24-12-30)43(33-17-5-27(39)6-18-33)34-19-7-28(40)8-20-34/h1-24H,(H2-2,37,38,39,40)/p+2. The van der Waals surface area contributed by atoms with Crippen LogP contribution in [0.5, 0.6) is 23.0 Å². The molecule has 7 heteroatoms. The molecule has 4 nitrogen and oxygen atoms in total. The summed E-state index contributed by atoms with van der Waals surface area (Å²) in [4.78, 5) is 8.84. The fourth-order valence-corrected chi connectivity index (χ4v) is 9.47. The van der Waals surface area contributed by atoms with Crippen LogP contribution in [-0.2, 0) is 21.8 Å². The second kappa shape index (κ2) is 12.8. The van der Waals surface area contributed by atoms with Gasteiger partial charge in [-0.25, -0.2) is 0 Å². The highest BCUT2D eigenvalue weighted by molar-refractivity contribution is 7.99. The van der Waals surface area contributed by atoms with Crippen molar-refractivity contribution < 1.29 is 20.4 Å². The van der Waals surface area contributed by atoms with Crippen LogP contribution in [0.15, 0.2) is 185 Å². The van der Waals surface area contributed by atoms with Gasteiger partial charge in [-0.05, 0) is 146 Å². The van der Waals surface area contributed by atoms with Crippen molar-refractivity contribution in [1.29, 1.82) is 0 Å². The van der Waals surface area contributed by atoms with E-state index in [0.717, 1.165) is 39.2 Å². The first-order valence-corrected chi connectivity index (χ1v) is 16.7. The SMILES string of the molecule is Oc1ccc([S+](c2ccc(O)cc2)c2ccc(Sc3ccc([S+](c4ccc(O)cc4)c4ccc(O)cc4)cc3)cc2)cc1. The van der Waals surface area contributed by atoms with Crippen LogP contribution >= 0.6 is 11.8 Å². The molecule has 0 aliphatic rings. The molecule has 6 aromatic carbocycles. The number of hydrogen-bond donors (Lipinski definition) is 4. The summed E-state index contributed by atoms with van der Waals surface area (Å²) in [6, 6.07) is 46.3. The Morgan fingerprint density at radius 2 is 0.465 bits per heavy atom. The molecule has 6 rings (SSSR count). The summed E-state index contributed by atoms with van der Waals surface area (Å²) >= 11 is 1.69. The normalized spacial score (nSPS) is 11.2. The lowest BCUT2D eigenvalue weighted by Gasteiger charge is -2.10. The summed E-state index contributed by atoms with van der Waals surface area (Å²) in [6.45, 7) is 0. The Bertz CT molecular complexity index is 1560. The molecule has 0 aliphatic carbocycles. The number of phenolic OH excluding ortho intramolecular Hbond substituents is 4. The van der Waals surface area contributed by atoms with Crippen LogP contribution in [0, 0.1) is 0 Å². The number of hydrogen-bond acceptors (Lipinski definition) is 5. The third-order valence-corrected chi connectivity index (χ3v) is 12.1. The molecule has 0 saturated heterocycles. The molecule has 0 unspecified atom stereocenters. The van der Waals surface area contributed by atoms with E-state index in [2.05, 4.69) is 48.5 Å². The van der Waals surface area contributed by atoms with E-state index in [-0.39, 0.29) is 23.0 Å². The Kier molecular flexibility index (Phi) is 8.56. The first-order chi connectivity index (χ1) is 20.9. The zero-order valence-electron chi connectivity index (χ0n) is 22.9. The van der Waals surface area contributed by atoms with E-state index in [9.17, 15) is 20.4 Å². The van der Waals surface area contributed by atoms with E-state index in [1.807, 2.05) is 48.5 Å². The fourth-order valence-electron chi connectivity index (χ4n) is 4.57. The zero-order valence-corrected chi connectivity index (χ0v) is 25.3. The number of benzene rings is 6. The Morgan fingerprint density at radius 1 is 0.279 bits per heavy atom. The van der Waals surface area contributed by atoms with Gasteiger partial charge in [0.05, 0.1) is 21.8 Å². The Balaban J connectivity index is 1.24. The third-order valence-electron chi connectivity index (χ3n) is 6.64. The molecule has 6 aromatic rings. The van der Waals surface area contributed by atoms with Gasteiger partial charge in [0, 0.05) is 9.79 Å². The number of aromatic hydroxyl groups is 4. The molecule has 0 radical (unpaired) electrons. The van der Waals surface area contributed by atoms with Gasteiger partial charge in [0.1, 0.15) is 23.0 Å². The zero-order chi connectivity index (χ0) is 29.8. The number of rotatable bonds is 8. The summed E-state index contributed by atoms with van der Waals surface area (Å²) in [5.74, 6) is 0.921. The van der Waals surface area contributed by atoms with Gasteiger partial charge in [0.2, 0.25) is 0 Å². The lowest BCUT2D eigenvalue weighted by molar-refractivity contribution is 0.474. The molecule has 0 aromatic heterocycles. The van der Waals surface area contributed by atoms with Gasteiger partial charge in [0.15, 0.2) is 29.4 Å². The minimum Gasteiger partial charge on any atom is -0.508 e. The van der Waals surface area contributed by atoms with Crippen LogP contribution in [0.3, 0.4) is 0 Å². The van der Waals surface area contributed by atoms with E-state index in [4.69, 9.17) is 0 Å². The Labute approximate surface area is 260 Å². The largest absolute Gasteiger partial charge is 0.508 e. The Morgan fingerprint density at radius 3 is 0.674 bits per heavy atom. The highest BCUT2D eigenvalue weighted by atomic mass is 32.2. The van der Waals surface area contributed by atoms with Gasteiger partial charge < -0.3 is 20.4 Å². The molecule has 43 heavy (non-hydrogen) atoms. The first-order valence-electron chi connectivity index (χ1n) is 13.5. The quantitative estimate of drug-likeness (QED) is 0.128. The van der Waals surface area contributed by atoms with Crippen molar-refractivity contribution in [3.05, 3.63) is 146 Å². The predicted molar refractivity (Wildman–Crippen MR) is 174 cm³/mol. The molecule has 0 bridgehead atoms. The van der Waals surface area contributed by atoms with Crippen LogP contribution < -0.4 is 0 Å². The van der Waals surface area contributed by atoms with E-state index in [0.29, 0.717) is 0 Å². The lowest BCUT2D eigenvalue weighted by Crippen LogP contribution is -2.04. The summed E-state index contributed by atoms with van der Waals surface area (Å²) in [5, 5.41) is 39.3. The van der Waals surface area contributed by atoms with Crippen LogP contribution in [0.4, 0.5) is 0 Å². The predicted octanol–water partition coefficient (Wildman–Crippen LogP) is 8.85. The van der Waals surface area contributed by atoms with Crippen molar-refractivity contribution in [2.45, 2.75) is 39.2 Å². The van der Waals surface area contributed by atoms with Gasteiger partial charge >= 0.3 is 0 Å². The van der Waals surface area contributed by atoms with Crippen molar-refractivity contribution in [3.63, 3.8) is 0 Å².